The van der Waals surface area contributed by atoms with Gasteiger partial charge in [-0.1, -0.05) is 16.5 Å². The fourth-order valence-electron chi connectivity index (χ4n) is 1.74. The topological polar surface area (TPSA) is 89.9 Å². The monoisotopic (exact) mass is 275 g/mol. The van der Waals surface area contributed by atoms with Crippen LogP contribution in [0.5, 0.6) is 0 Å². The largest absolute Gasteiger partial charge is 0.399 e. The van der Waals surface area contributed by atoms with E-state index in [2.05, 4.69) is 20.4 Å². The highest BCUT2D eigenvalue weighted by atomic mass is 32.1. The predicted octanol–water partition coefficient (Wildman–Crippen LogP) is 2.22. The average Bonchev–Trinajstić information content (AvgIpc) is 2.95. The Morgan fingerprint density at radius 1 is 1.37 bits per heavy atom. The Bertz CT molecular complexity index is 705. The van der Waals surface area contributed by atoms with Crippen LogP contribution in [0.15, 0.2) is 22.7 Å². The fourth-order valence-corrected chi connectivity index (χ4v) is 2.68. The van der Waals surface area contributed by atoms with Gasteiger partial charge in [-0.05, 0) is 18.2 Å². The van der Waals surface area contributed by atoms with Crippen molar-refractivity contribution >= 4 is 32.4 Å². The number of rotatable bonds is 4. The van der Waals surface area contributed by atoms with Crippen LogP contribution in [0.2, 0.25) is 0 Å². The van der Waals surface area contributed by atoms with E-state index in [1.165, 1.54) is 0 Å². The maximum absolute atomic E-state index is 5.74. The third-order valence-electron chi connectivity index (χ3n) is 2.61. The molecule has 2 heterocycles. The highest BCUT2D eigenvalue weighted by Gasteiger charge is 2.05. The molecule has 98 valence electrons. The number of aryl methyl sites for hydroxylation is 1. The fraction of sp³-hybridized carbons (Fsp3) is 0.250. The third kappa shape index (κ3) is 2.65. The lowest BCUT2D eigenvalue weighted by molar-refractivity contribution is 0.387. The standard InChI is InChI=1S/C12H13N5OS/c1-7-15-11(17-18-7)4-5-14-12-16-9-3-2-8(13)6-10(9)19-12/h2-3,6H,4-5,13H2,1H3,(H,14,16). The molecule has 3 aromatic rings. The van der Waals surface area contributed by atoms with Gasteiger partial charge in [-0.3, -0.25) is 0 Å². The molecule has 0 saturated carbocycles. The Labute approximate surface area is 113 Å². The number of nitrogen functional groups attached to an aromatic ring is 1. The zero-order valence-corrected chi connectivity index (χ0v) is 11.2. The second-order valence-corrected chi connectivity index (χ2v) is 5.18. The van der Waals surface area contributed by atoms with Gasteiger partial charge in [0.25, 0.3) is 0 Å². The first kappa shape index (κ1) is 11.9. The number of hydrogen-bond acceptors (Lipinski definition) is 7. The van der Waals surface area contributed by atoms with Crippen molar-refractivity contribution in [2.75, 3.05) is 17.6 Å². The summed E-state index contributed by atoms with van der Waals surface area (Å²) in [6, 6.07) is 5.71. The van der Waals surface area contributed by atoms with E-state index in [9.17, 15) is 0 Å². The predicted molar refractivity (Wildman–Crippen MR) is 75.3 cm³/mol. The first-order valence-corrected chi connectivity index (χ1v) is 6.71. The van der Waals surface area contributed by atoms with E-state index < -0.39 is 0 Å². The number of nitrogens with zero attached hydrogens (tertiary/aromatic N) is 3. The number of aromatic nitrogens is 3. The number of thiazole rings is 1. The lowest BCUT2D eigenvalue weighted by Gasteiger charge is -1.97. The van der Waals surface area contributed by atoms with Gasteiger partial charge >= 0.3 is 0 Å². The van der Waals surface area contributed by atoms with Crippen molar-refractivity contribution in [2.45, 2.75) is 13.3 Å². The summed E-state index contributed by atoms with van der Waals surface area (Å²) in [5.41, 5.74) is 7.45. The second kappa shape index (κ2) is 4.85. The van der Waals surface area contributed by atoms with E-state index in [-0.39, 0.29) is 0 Å². The summed E-state index contributed by atoms with van der Waals surface area (Å²) in [5.74, 6) is 1.29. The Kier molecular flexibility index (Phi) is 3.04. The molecule has 1 aromatic carbocycles. The molecule has 0 fully saturated rings. The van der Waals surface area contributed by atoms with Crippen LogP contribution < -0.4 is 11.1 Å². The minimum Gasteiger partial charge on any atom is -0.399 e. The minimum atomic E-state index is 0.588. The van der Waals surface area contributed by atoms with Gasteiger partial charge in [0.05, 0.1) is 10.2 Å². The van der Waals surface area contributed by atoms with Crippen LogP contribution >= 0.6 is 11.3 Å². The minimum absolute atomic E-state index is 0.588. The van der Waals surface area contributed by atoms with Gasteiger partial charge in [0.1, 0.15) is 0 Å². The zero-order valence-electron chi connectivity index (χ0n) is 10.4. The number of fused-ring (bicyclic) bond motifs is 1. The highest BCUT2D eigenvalue weighted by Crippen LogP contribution is 2.27. The summed E-state index contributed by atoms with van der Waals surface area (Å²) in [6.07, 6.45) is 0.704. The van der Waals surface area contributed by atoms with Gasteiger partial charge in [-0.25, -0.2) is 4.98 Å². The van der Waals surface area contributed by atoms with Gasteiger partial charge in [0.15, 0.2) is 11.0 Å². The van der Waals surface area contributed by atoms with Crippen molar-refractivity contribution in [1.29, 1.82) is 0 Å². The van der Waals surface area contributed by atoms with E-state index in [0.717, 1.165) is 21.0 Å². The molecule has 0 spiro atoms. The molecule has 0 amide bonds. The molecular weight excluding hydrogens is 262 g/mol. The van der Waals surface area contributed by atoms with Gasteiger partial charge in [0, 0.05) is 25.6 Å². The normalized spacial score (nSPS) is 11.0. The van der Waals surface area contributed by atoms with Crippen molar-refractivity contribution < 1.29 is 4.52 Å². The van der Waals surface area contributed by atoms with Crippen molar-refractivity contribution in [1.82, 2.24) is 15.1 Å². The maximum atomic E-state index is 5.74. The van der Waals surface area contributed by atoms with Crippen LogP contribution in [0.4, 0.5) is 10.8 Å². The van der Waals surface area contributed by atoms with Crippen molar-refractivity contribution in [3.8, 4) is 0 Å². The van der Waals surface area contributed by atoms with E-state index >= 15 is 0 Å². The van der Waals surface area contributed by atoms with E-state index in [4.69, 9.17) is 10.3 Å². The van der Waals surface area contributed by atoms with E-state index in [1.807, 2.05) is 18.2 Å². The van der Waals surface area contributed by atoms with Crippen molar-refractivity contribution in [2.24, 2.45) is 0 Å². The average molecular weight is 275 g/mol. The molecule has 19 heavy (non-hydrogen) atoms. The van der Waals surface area contributed by atoms with Crippen LogP contribution in [0.3, 0.4) is 0 Å². The van der Waals surface area contributed by atoms with Gasteiger partial charge in [0.2, 0.25) is 5.89 Å². The van der Waals surface area contributed by atoms with Crippen molar-refractivity contribution in [3.63, 3.8) is 0 Å². The van der Waals surface area contributed by atoms with Crippen LogP contribution in [0.25, 0.3) is 10.2 Å². The second-order valence-electron chi connectivity index (χ2n) is 4.15. The molecule has 0 aliphatic carbocycles. The summed E-state index contributed by atoms with van der Waals surface area (Å²) in [5, 5.41) is 7.97. The lowest BCUT2D eigenvalue weighted by Crippen LogP contribution is -2.05. The molecule has 6 nitrogen and oxygen atoms in total. The quantitative estimate of drug-likeness (QED) is 0.710. The zero-order chi connectivity index (χ0) is 13.2. The third-order valence-corrected chi connectivity index (χ3v) is 3.58. The molecule has 3 N–H and O–H groups in total. The van der Waals surface area contributed by atoms with Crippen LogP contribution in [-0.4, -0.2) is 21.7 Å². The highest BCUT2D eigenvalue weighted by molar-refractivity contribution is 7.22. The number of nitrogens with two attached hydrogens (primary N) is 1. The van der Waals surface area contributed by atoms with E-state index in [1.54, 1.807) is 18.3 Å². The van der Waals surface area contributed by atoms with Crippen LogP contribution in [0, 0.1) is 6.92 Å². The van der Waals surface area contributed by atoms with Crippen LogP contribution in [-0.2, 0) is 6.42 Å². The molecular formula is C12H13N5OS. The van der Waals surface area contributed by atoms with E-state index in [0.29, 0.717) is 24.7 Å². The first-order chi connectivity index (χ1) is 9.20. The maximum Gasteiger partial charge on any atom is 0.223 e. The Balaban J connectivity index is 1.65. The number of benzene rings is 1. The van der Waals surface area contributed by atoms with Gasteiger partial charge in [-0.2, -0.15) is 4.98 Å². The Morgan fingerprint density at radius 2 is 2.26 bits per heavy atom. The summed E-state index contributed by atoms with van der Waals surface area (Å²) in [7, 11) is 0. The molecule has 0 radical (unpaired) electrons. The van der Waals surface area contributed by atoms with Crippen molar-refractivity contribution in [3.05, 3.63) is 29.9 Å². The molecule has 0 atom stereocenters. The molecule has 0 aliphatic rings. The smallest absolute Gasteiger partial charge is 0.223 e. The molecule has 7 heteroatoms. The summed E-state index contributed by atoms with van der Waals surface area (Å²) in [6.45, 7) is 2.50. The molecule has 2 aromatic heterocycles. The molecule has 0 saturated heterocycles. The summed E-state index contributed by atoms with van der Waals surface area (Å²) in [4.78, 5) is 8.62. The Morgan fingerprint density at radius 3 is 3.05 bits per heavy atom. The summed E-state index contributed by atoms with van der Waals surface area (Å²) < 4.78 is 5.99. The Hall–Kier alpha value is -2.15. The summed E-state index contributed by atoms with van der Waals surface area (Å²) >= 11 is 1.59. The molecule has 0 aliphatic heterocycles. The number of hydrogen-bond donors (Lipinski definition) is 2. The van der Waals surface area contributed by atoms with Crippen LogP contribution in [0.1, 0.15) is 11.7 Å². The first-order valence-electron chi connectivity index (χ1n) is 5.90. The van der Waals surface area contributed by atoms with Gasteiger partial charge < -0.3 is 15.6 Å². The lowest BCUT2D eigenvalue weighted by atomic mass is 10.3. The number of anilines is 2. The molecule has 0 unspecified atom stereocenters. The molecule has 3 rings (SSSR count). The SMILES string of the molecule is Cc1nc(CCNc2nc3ccc(N)cc3s2)no1. The number of nitrogens with one attached hydrogen (secondary N) is 1. The molecule has 0 bridgehead atoms. The van der Waals surface area contributed by atoms with Gasteiger partial charge in [-0.15, -0.1) is 0 Å².